The van der Waals surface area contributed by atoms with Crippen molar-refractivity contribution < 1.29 is 4.79 Å². The molecule has 0 radical (unpaired) electrons. The molecule has 0 bridgehead atoms. The van der Waals surface area contributed by atoms with Crippen LogP contribution in [0.1, 0.15) is 0 Å². The van der Waals surface area contributed by atoms with Crippen LogP contribution in [0.5, 0.6) is 0 Å². The Balaban J connectivity index is 1.88. The Morgan fingerprint density at radius 2 is 2.64 bits per heavy atom. The fourth-order valence-corrected chi connectivity index (χ4v) is 2.21. The second-order valence-corrected chi connectivity index (χ2v) is 4.19. The van der Waals surface area contributed by atoms with Gasteiger partial charge in [-0.15, -0.1) is 0 Å². The fourth-order valence-electron chi connectivity index (χ4n) is 1.28. The molecular formula is C8H12N4OS. The Morgan fingerprint density at radius 1 is 1.71 bits per heavy atom. The Kier molecular flexibility index (Phi) is 3.05. The summed E-state index contributed by atoms with van der Waals surface area (Å²) in [6.07, 6.45) is 1.61. The molecule has 1 unspecified atom stereocenters. The number of amides is 1. The molecular weight excluding hydrogens is 200 g/mol. The van der Waals surface area contributed by atoms with Gasteiger partial charge in [0.05, 0.1) is 12.2 Å². The van der Waals surface area contributed by atoms with Gasteiger partial charge in [0, 0.05) is 24.1 Å². The Labute approximate surface area is 86.0 Å². The van der Waals surface area contributed by atoms with Crippen molar-refractivity contribution in [3.63, 3.8) is 0 Å². The summed E-state index contributed by atoms with van der Waals surface area (Å²) >= 11 is 1.79. The molecule has 1 aliphatic heterocycles. The lowest BCUT2D eigenvalue weighted by atomic mass is 10.3. The largest absolute Gasteiger partial charge is 0.310 e. The predicted molar refractivity (Wildman–Crippen MR) is 56.3 cm³/mol. The molecule has 1 saturated heterocycles. The highest BCUT2D eigenvalue weighted by Gasteiger charge is 2.20. The highest BCUT2D eigenvalue weighted by atomic mass is 32.2. The summed E-state index contributed by atoms with van der Waals surface area (Å²) < 4.78 is 0. The van der Waals surface area contributed by atoms with Crippen molar-refractivity contribution in [2.24, 2.45) is 0 Å². The zero-order valence-electron chi connectivity index (χ0n) is 7.62. The van der Waals surface area contributed by atoms with E-state index in [9.17, 15) is 4.79 Å². The first-order valence-corrected chi connectivity index (χ1v) is 5.63. The lowest BCUT2D eigenvalue weighted by Crippen LogP contribution is -2.46. The lowest BCUT2D eigenvalue weighted by molar-refractivity contribution is -0.117. The van der Waals surface area contributed by atoms with E-state index in [1.54, 1.807) is 24.0 Å². The van der Waals surface area contributed by atoms with E-state index >= 15 is 0 Å². The monoisotopic (exact) mass is 212 g/mol. The van der Waals surface area contributed by atoms with Crippen LogP contribution in [0.25, 0.3) is 0 Å². The average Bonchev–Trinajstić information content (AvgIpc) is 2.72. The first-order chi connectivity index (χ1) is 6.86. The number of nitrogens with one attached hydrogen (secondary N) is 3. The van der Waals surface area contributed by atoms with Crippen molar-refractivity contribution in [2.45, 2.75) is 6.04 Å². The average molecular weight is 212 g/mol. The summed E-state index contributed by atoms with van der Waals surface area (Å²) in [6.45, 7) is 0.895. The molecule has 3 N–H and O–H groups in total. The SMILES string of the molecule is O=C(Nc1ccn[nH]1)C1CSCCN1. The first-order valence-electron chi connectivity index (χ1n) is 4.47. The normalized spacial score (nSPS) is 21.9. The predicted octanol–water partition coefficient (Wildman–Crippen LogP) is 0.0532. The van der Waals surface area contributed by atoms with Crippen molar-refractivity contribution in [3.05, 3.63) is 12.3 Å². The van der Waals surface area contributed by atoms with Crippen molar-refractivity contribution >= 4 is 23.5 Å². The number of aromatic amines is 1. The number of thioether (sulfide) groups is 1. The van der Waals surface area contributed by atoms with Gasteiger partial charge >= 0.3 is 0 Å². The molecule has 2 heterocycles. The highest BCUT2D eigenvalue weighted by molar-refractivity contribution is 7.99. The van der Waals surface area contributed by atoms with E-state index in [1.807, 2.05) is 0 Å². The molecule has 1 aliphatic rings. The molecule has 1 atom stereocenters. The van der Waals surface area contributed by atoms with E-state index in [0.717, 1.165) is 18.1 Å². The lowest BCUT2D eigenvalue weighted by Gasteiger charge is -2.21. The summed E-state index contributed by atoms with van der Waals surface area (Å²) in [5, 5.41) is 12.4. The number of aromatic nitrogens is 2. The standard InChI is InChI=1S/C8H12N4OS/c13-8(6-5-14-4-3-9-6)11-7-1-2-10-12-7/h1-2,6,9H,3-5H2,(H2,10,11,12,13). The van der Waals surface area contributed by atoms with Crippen LogP contribution in [0.3, 0.4) is 0 Å². The van der Waals surface area contributed by atoms with Crippen LogP contribution in [-0.4, -0.2) is 40.2 Å². The van der Waals surface area contributed by atoms with Crippen LogP contribution in [0.4, 0.5) is 5.82 Å². The zero-order chi connectivity index (χ0) is 9.80. The molecule has 1 fully saturated rings. The van der Waals surface area contributed by atoms with E-state index in [1.165, 1.54) is 0 Å². The highest BCUT2D eigenvalue weighted by Crippen LogP contribution is 2.09. The second-order valence-electron chi connectivity index (χ2n) is 3.04. The van der Waals surface area contributed by atoms with Crippen LogP contribution in [0.2, 0.25) is 0 Å². The van der Waals surface area contributed by atoms with E-state index in [4.69, 9.17) is 0 Å². The summed E-state index contributed by atoms with van der Waals surface area (Å²) in [4.78, 5) is 11.6. The van der Waals surface area contributed by atoms with Gasteiger partial charge in [-0.25, -0.2) is 0 Å². The van der Waals surface area contributed by atoms with Gasteiger partial charge in [-0.05, 0) is 0 Å². The minimum absolute atomic E-state index is 0.00134. The number of hydrogen-bond donors (Lipinski definition) is 3. The summed E-state index contributed by atoms with van der Waals surface area (Å²) in [6, 6.07) is 1.64. The van der Waals surface area contributed by atoms with E-state index in [2.05, 4.69) is 20.8 Å². The number of hydrogen-bond acceptors (Lipinski definition) is 4. The van der Waals surface area contributed by atoms with Crippen LogP contribution < -0.4 is 10.6 Å². The van der Waals surface area contributed by atoms with E-state index < -0.39 is 0 Å². The molecule has 0 spiro atoms. The quantitative estimate of drug-likeness (QED) is 0.648. The number of H-pyrrole nitrogens is 1. The van der Waals surface area contributed by atoms with E-state index in [0.29, 0.717) is 5.82 Å². The minimum atomic E-state index is -0.0861. The summed E-state index contributed by atoms with van der Waals surface area (Å²) in [5.41, 5.74) is 0. The van der Waals surface area contributed by atoms with Crippen molar-refractivity contribution in [1.82, 2.24) is 15.5 Å². The van der Waals surface area contributed by atoms with Crippen molar-refractivity contribution in [1.29, 1.82) is 0 Å². The van der Waals surface area contributed by atoms with Gasteiger partial charge in [0.1, 0.15) is 5.82 Å². The summed E-state index contributed by atoms with van der Waals surface area (Å²) in [5.74, 6) is 2.56. The number of carbonyl (C=O) groups is 1. The van der Waals surface area contributed by atoms with Gasteiger partial charge in [0.2, 0.25) is 5.91 Å². The third-order valence-corrected chi connectivity index (χ3v) is 3.06. The molecule has 76 valence electrons. The maximum Gasteiger partial charge on any atom is 0.243 e. The molecule has 0 saturated carbocycles. The molecule has 1 aromatic rings. The maximum absolute atomic E-state index is 11.6. The van der Waals surface area contributed by atoms with Gasteiger partial charge in [0.25, 0.3) is 0 Å². The smallest absolute Gasteiger partial charge is 0.243 e. The van der Waals surface area contributed by atoms with Gasteiger partial charge in [-0.2, -0.15) is 16.9 Å². The van der Waals surface area contributed by atoms with Crippen LogP contribution in [0.15, 0.2) is 12.3 Å². The Bertz CT molecular complexity index is 294. The van der Waals surface area contributed by atoms with Gasteiger partial charge in [0.15, 0.2) is 0 Å². The molecule has 1 amide bonds. The van der Waals surface area contributed by atoms with Crippen molar-refractivity contribution in [2.75, 3.05) is 23.4 Å². The number of anilines is 1. The van der Waals surface area contributed by atoms with Gasteiger partial charge in [-0.3, -0.25) is 9.89 Å². The second kappa shape index (κ2) is 4.47. The molecule has 5 nitrogen and oxygen atoms in total. The topological polar surface area (TPSA) is 69.8 Å². The third-order valence-electron chi connectivity index (χ3n) is 2.00. The van der Waals surface area contributed by atoms with Gasteiger partial charge < -0.3 is 10.6 Å². The Hall–Kier alpha value is -1.01. The molecule has 1 aromatic heterocycles. The molecule has 0 aliphatic carbocycles. The van der Waals surface area contributed by atoms with Crippen LogP contribution >= 0.6 is 11.8 Å². The van der Waals surface area contributed by atoms with Gasteiger partial charge in [-0.1, -0.05) is 0 Å². The minimum Gasteiger partial charge on any atom is -0.310 e. The molecule has 6 heteroatoms. The molecule has 2 rings (SSSR count). The van der Waals surface area contributed by atoms with E-state index in [-0.39, 0.29) is 11.9 Å². The Morgan fingerprint density at radius 3 is 3.29 bits per heavy atom. The fraction of sp³-hybridized carbons (Fsp3) is 0.500. The van der Waals surface area contributed by atoms with Crippen molar-refractivity contribution in [3.8, 4) is 0 Å². The summed E-state index contributed by atoms with van der Waals surface area (Å²) in [7, 11) is 0. The molecule has 14 heavy (non-hydrogen) atoms. The number of rotatable bonds is 2. The maximum atomic E-state index is 11.6. The zero-order valence-corrected chi connectivity index (χ0v) is 8.43. The molecule has 0 aromatic carbocycles. The number of carbonyl (C=O) groups excluding carboxylic acids is 1. The van der Waals surface area contributed by atoms with Crippen LogP contribution in [0, 0.1) is 0 Å². The number of nitrogens with zero attached hydrogens (tertiary/aromatic N) is 1. The third kappa shape index (κ3) is 2.27. The first kappa shape index (κ1) is 9.54. The van der Waals surface area contributed by atoms with Crippen LogP contribution in [-0.2, 0) is 4.79 Å².